The first-order chi connectivity index (χ1) is 17.3. The standard InChI is InChI=1S/C26H25BrN4O5/c1-16-5-4-6-17(2)24(16)30-23(32)15-36-22-12-7-19(27)13-18(22)14-28-31-26(34)25(33)29-20-8-10-21(35-3)11-9-20/h4-14H,15H2,1-3H3,(H,29,33)(H,30,32)(H,31,34)/b28-14-. The number of hydrazone groups is 1. The third-order valence-electron chi connectivity index (χ3n) is 5.00. The summed E-state index contributed by atoms with van der Waals surface area (Å²) in [5, 5.41) is 9.17. The molecule has 3 N–H and O–H groups in total. The molecule has 10 heteroatoms. The number of methoxy groups -OCH3 is 1. The van der Waals surface area contributed by atoms with Crippen molar-refractivity contribution >= 4 is 51.2 Å². The van der Waals surface area contributed by atoms with Crippen molar-refractivity contribution in [3.05, 3.63) is 81.8 Å². The van der Waals surface area contributed by atoms with Crippen molar-refractivity contribution in [1.29, 1.82) is 0 Å². The van der Waals surface area contributed by atoms with E-state index < -0.39 is 11.8 Å². The van der Waals surface area contributed by atoms with Gasteiger partial charge in [0.1, 0.15) is 11.5 Å². The van der Waals surface area contributed by atoms with Crippen LogP contribution in [0.2, 0.25) is 0 Å². The third kappa shape index (κ3) is 7.41. The van der Waals surface area contributed by atoms with Gasteiger partial charge in [-0.15, -0.1) is 0 Å². The monoisotopic (exact) mass is 552 g/mol. The van der Waals surface area contributed by atoms with Crippen molar-refractivity contribution in [2.24, 2.45) is 5.10 Å². The summed E-state index contributed by atoms with van der Waals surface area (Å²) in [6.07, 6.45) is 1.32. The van der Waals surface area contributed by atoms with Gasteiger partial charge in [0.25, 0.3) is 5.91 Å². The van der Waals surface area contributed by atoms with E-state index in [4.69, 9.17) is 9.47 Å². The number of rotatable bonds is 8. The smallest absolute Gasteiger partial charge is 0.329 e. The fraction of sp³-hybridized carbons (Fsp3) is 0.154. The van der Waals surface area contributed by atoms with Crippen LogP contribution in [0.4, 0.5) is 11.4 Å². The van der Waals surface area contributed by atoms with Crippen molar-refractivity contribution in [2.45, 2.75) is 13.8 Å². The first-order valence-corrected chi connectivity index (χ1v) is 11.6. The number of carbonyl (C=O) groups is 3. The maximum absolute atomic E-state index is 12.4. The Morgan fingerprint density at radius 1 is 0.944 bits per heavy atom. The van der Waals surface area contributed by atoms with E-state index in [-0.39, 0.29) is 12.5 Å². The SMILES string of the molecule is COc1ccc(NC(=O)C(=O)N/N=C\c2cc(Br)ccc2OCC(=O)Nc2c(C)cccc2C)cc1. The second-order valence-electron chi connectivity index (χ2n) is 7.67. The predicted octanol–water partition coefficient (Wildman–Crippen LogP) is 4.18. The van der Waals surface area contributed by atoms with Crippen LogP contribution >= 0.6 is 15.9 Å². The number of anilines is 2. The number of halogens is 1. The fourth-order valence-electron chi connectivity index (χ4n) is 3.16. The highest BCUT2D eigenvalue weighted by Crippen LogP contribution is 2.23. The summed E-state index contributed by atoms with van der Waals surface area (Å²) in [6.45, 7) is 3.60. The minimum atomic E-state index is -0.951. The lowest BCUT2D eigenvalue weighted by atomic mass is 10.1. The topological polar surface area (TPSA) is 118 Å². The highest BCUT2D eigenvalue weighted by atomic mass is 79.9. The molecule has 0 aliphatic heterocycles. The lowest BCUT2D eigenvalue weighted by molar-refractivity contribution is -0.136. The van der Waals surface area contributed by atoms with Gasteiger partial charge >= 0.3 is 11.8 Å². The van der Waals surface area contributed by atoms with Crippen LogP contribution in [-0.2, 0) is 14.4 Å². The molecule has 0 heterocycles. The molecule has 0 saturated heterocycles. The molecule has 3 aromatic carbocycles. The fourth-order valence-corrected chi connectivity index (χ4v) is 3.53. The lowest BCUT2D eigenvalue weighted by Gasteiger charge is -2.13. The summed E-state index contributed by atoms with van der Waals surface area (Å²) in [6, 6.07) is 17.4. The number of carbonyl (C=O) groups excluding carboxylic acids is 3. The Morgan fingerprint density at radius 3 is 2.31 bits per heavy atom. The summed E-state index contributed by atoms with van der Waals surface area (Å²) in [4.78, 5) is 36.6. The molecule has 0 aliphatic rings. The molecular formula is C26H25BrN4O5. The average molecular weight is 553 g/mol. The molecule has 3 amide bonds. The van der Waals surface area contributed by atoms with E-state index >= 15 is 0 Å². The van der Waals surface area contributed by atoms with Crippen molar-refractivity contribution in [3.63, 3.8) is 0 Å². The van der Waals surface area contributed by atoms with Gasteiger partial charge in [0, 0.05) is 21.4 Å². The molecule has 0 radical (unpaired) electrons. The molecule has 36 heavy (non-hydrogen) atoms. The molecule has 9 nitrogen and oxygen atoms in total. The molecule has 0 saturated carbocycles. The summed E-state index contributed by atoms with van der Waals surface area (Å²) >= 11 is 3.37. The largest absolute Gasteiger partial charge is 0.497 e. The number of benzene rings is 3. The number of nitrogens with one attached hydrogen (secondary N) is 3. The quantitative estimate of drug-likeness (QED) is 0.220. The summed E-state index contributed by atoms with van der Waals surface area (Å²) < 4.78 is 11.5. The van der Waals surface area contributed by atoms with E-state index in [0.717, 1.165) is 21.3 Å². The molecule has 0 unspecified atom stereocenters. The molecule has 0 aromatic heterocycles. The first kappa shape index (κ1) is 26.4. The van der Waals surface area contributed by atoms with Crippen LogP contribution in [0.25, 0.3) is 0 Å². The van der Waals surface area contributed by atoms with E-state index in [2.05, 4.69) is 37.1 Å². The Bertz CT molecular complexity index is 1270. The van der Waals surface area contributed by atoms with Gasteiger partial charge in [0.05, 0.1) is 13.3 Å². The van der Waals surface area contributed by atoms with Gasteiger partial charge in [0.2, 0.25) is 0 Å². The van der Waals surface area contributed by atoms with Gasteiger partial charge in [-0.25, -0.2) is 5.43 Å². The average Bonchev–Trinajstić information content (AvgIpc) is 2.86. The Labute approximate surface area is 217 Å². The zero-order valence-electron chi connectivity index (χ0n) is 19.9. The van der Waals surface area contributed by atoms with Crippen molar-refractivity contribution in [1.82, 2.24) is 5.43 Å². The number of aryl methyl sites for hydroxylation is 2. The molecule has 3 aromatic rings. The highest BCUT2D eigenvalue weighted by molar-refractivity contribution is 9.10. The summed E-state index contributed by atoms with van der Waals surface area (Å²) in [5.74, 6) is -1.16. The van der Waals surface area contributed by atoms with E-state index in [1.54, 1.807) is 42.5 Å². The Kier molecular flexibility index (Phi) is 9.18. The van der Waals surface area contributed by atoms with Gasteiger partial charge < -0.3 is 20.1 Å². The summed E-state index contributed by atoms with van der Waals surface area (Å²) in [7, 11) is 1.53. The zero-order valence-corrected chi connectivity index (χ0v) is 21.5. The van der Waals surface area contributed by atoms with E-state index in [1.165, 1.54) is 13.3 Å². The Morgan fingerprint density at radius 2 is 1.64 bits per heavy atom. The van der Waals surface area contributed by atoms with Crippen molar-refractivity contribution in [3.8, 4) is 11.5 Å². The Balaban J connectivity index is 1.58. The minimum Gasteiger partial charge on any atom is -0.497 e. The third-order valence-corrected chi connectivity index (χ3v) is 5.49. The van der Waals surface area contributed by atoms with Crippen LogP contribution in [0, 0.1) is 13.8 Å². The van der Waals surface area contributed by atoms with Gasteiger partial charge in [-0.2, -0.15) is 5.10 Å². The van der Waals surface area contributed by atoms with Crippen LogP contribution in [0.1, 0.15) is 16.7 Å². The lowest BCUT2D eigenvalue weighted by Crippen LogP contribution is -2.32. The number of hydrogen-bond donors (Lipinski definition) is 3. The number of ether oxygens (including phenoxy) is 2. The van der Waals surface area contributed by atoms with Crippen LogP contribution in [0.3, 0.4) is 0 Å². The number of nitrogens with zero attached hydrogens (tertiary/aromatic N) is 1. The molecular weight excluding hydrogens is 528 g/mol. The Hall–Kier alpha value is -4.18. The number of para-hydroxylation sites is 1. The van der Waals surface area contributed by atoms with Gasteiger partial charge in [-0.1, -0.05) is 34.1 Å². The first-order valence-electron chi connectivity index (χ1n) is 10.8. The molecule has 0 fully saturated rings. The van der Waals surface area contributed by atoms with Crippen LogP contribution in [-0.4, -0.2) is 37.7 Å². The second kappa shape index (κ2) is 12.5. The van der Waals surface area contributed by atoms with Gasteiger partial charge in [-0.3, -0.25) is 14.4 Å². The molecule has 0 spiro atoms. The predicted molar refractivity (Wildman–Crippen MR) is 142 cm³/mol. The minimum absolute atomic E-state index is 0.229. The highest BCUT2D eigenvalue weighted by Gasteiger charge is 2.14. The maximum Gasteiger partial charge on any atom is 0.329 e. The van der Waals surface area contributed by atoms with E-state index in [0.29, 0.717) is 22.7 Å². The molecule has 186 valence electrons. The molecule has 0 atom stereocenters. The van der Waals surface area contributed by atoms with Crippen molar-refractivity contribution in [2.75, 3.05) is 24.4 Å². The zero-order chi connectivity index (χ0) is 26.1. The normalized spacial score (nSPS) is 10.6. The second-order valence-corrected chi connectivity index (χ2v) is 8.58. The maximum atomic E-state index is 12.4. The summed E-state index contributed by atoms with van der Waals surface area (Å²) in [5.41, 5.74) is 5.74. The van der Waals surface area contributed by atoms with Crippen LogP contribution in [0.15, 0.2) is 70.2 Å². The van der Waals surface area contributed by atoms with E-state index in [9.17, 15) is 14.4 Å². The van der Waals surface area contributed by atoms with Crippen LogP contribution < -0.4 is 25.5 Å². The van der Waals surface area contributed by atoms with Crippen LogP contribution in [0.5, 0.6) is 11.5 Å². The number of hydrogen-bond acceptors (Lipinski definition) is 6. The molecule has 3 rings (SSSR count). The molecule has 0 aliphatic carbocycles. The number of amides is 3. The van der Waals surface area contributed by atoms with Crippen molar-refractivity contribution < 1.29 is 23.9 Å². The van der Waals surface area contributed by atoms with Gasteiger partial charge in [-0.05, 0) is 67.4 Å². The van der Waals surface area contributed by atoms with Gasteiger partial charge in [0.15, 0.2) is 6.61 Å². The molecule has 0 bridgehead atoms. The van der Waals surface area contributed by atoms with E-state index in [1.807, 2.05) is 32.0 Å².